The highest BCUT2D eigenvalue weighted by Crippen LogP contribution is 2.30. The Kier molecular flexibility index (Phi) is 5.61. The fourth-order valence-electron chi connectivity index (χ4n) is 4.47. The average Bonchev–Trinajstić information content (AvgIpc) is 3.24. The van der Waals surface area contributed by atoms with Crippen LogP contribution in [-0.2, 0) is 10.0 Å². The number of nitrogens with one attached hydrogen (secondary N) is 1. The maximum atomic E-state index is 12.8. The molecule has 0 aromatic carbocycles. The molecule has 1 N–H and O–H groups in total. The minimum absolute atomic E-state index is 0.0344. The van der Waals surface area contributed by atoms with Crippen molar-refractivity contribution >= 4 is 27.0 Å². The summed E-state index contributed by atoms with van der Waals surface area (Å²) < 4.78 is 27.5. The van der Waals surface area contributed by atoms with E-state index in [1.165, 1.54) is 0 Å². The zero-order chi connectivity index (χ0) is 20.6. The van der Waals surface area contributed by atoms with Crippen LogP contribution in [0.3, 0.4) is 0 Å². The third-order valence-corrected chi connectivity index (χ3v) is 8.07. The molecule has 0 bridgehead atoms. The average molecular weight is 420 g/mol. The van der Waals surface area contributed by atoms with Gasteiger partial charge in [-0.3, -0.25) is 9.36 Å². The van der Waals surface area contributed by atoms with Crippen molar-refractivity contribution in [1.29, 1.82) is 0 Å². The van der Waals surface area contributed by atoms with Crippen LogP contribution < -0.4 is 10.9 Å². The molecule has 8 nitrogen and oxygen atoms in total. The second kappa shape index (κ2) is 8.02. The van der Waals surface area contributed by atoms with Gasteiger partial charge in [0.2, 0.25) is 16.0 Å². The van der Waals surface area contributed by atoms with Crippen LogP contribution in [0.5, 0.6) is 0 Å². The number of rotatable bonds is 5. The van der Waals surface area contributed by atoms with Crippen LogP contribution in [0.2, 0.25) is 0 Å². The predicted octanol–water partition coefficient (Wildman–Crippen LogP) is 2.44. The molecule has 29 heavy (non-hydrogen) atoms. The van der Waals surface area contributed by atoms with Gasteiger partial charge in [-0.1, -0.05) is 12.8 Å². The summed E-state index contributed by atoms with van der Waals surface area (Å²) in [5.41, 5.74) is 1.45. The first kappa shape index (κ1) is 20.3. The molecule has 0 radical (unpaired) electrons. The molecule has 1 aliphatic heterocycles. The van der Waals surface area contributed by atoms with E-state index in [-0.39, 0.29) is 23.4 Å². The van der Waals surface area contributed by atoms with Crippen LogP contribution >= 0.6 is 0 Å². The zero-order valence-electron chi connectivity index (χ0n) is 17.1. The highest BCUT2D eigenvalue weighted by Gasteiger charge is 2.27. The third kappa shape index (κ3) is 4.02. The molecule has 0 unspecified atom stereocenters. The van der Waals surface area contributed by atoms with Gasteiger partial charge in [-0.2, -0.15) is 4.98 Å². The first-order valence-electron chi connectivity index (χ1n) is 10.5. The van der Waals surface area contributed by atoms with Crippen LogP contribution in [0.4, 0.5) is 5.95 Å². The van der Waals surface area contributed by atoms with E-state index in [4.69, 9.17) is 4.98 Å². The van der Waals surface area contributed by atoms with Gasteiger partial charge in [0.1, 0.15) is 5.65 Å². The Balaban J connectivity index is 1.57. The molecule has 2 aromatic rings. The number of piperidine rings is 1. The van der Waals surface area contributed by atoms with Crippen molar-refractivity contribution in [2.24, 2.45) is 0 Å². The van der Waals surface area contributed by atoms with Crippen molar-refractivity contribution < 1.29 is 8.42 Å². The van der Waals surface area contributed by atoms with Crippen LogP contribution in [0, 0.1) is 6.92 Å². The SMILES string of the molecule is CCS(=O)(=O)N1CCC(Nc2ncc3cc(C)c(=O)n(C4CCCC4)c3n2)CC1. The van der Waals surface area contributed by atoms with E-state index in [0.717, 1.165) is 36.6 Å². The van der Waals surface area contributed by atoms with Gasteiger partial charge in [0, 0.05) is 42.3 Å². The van der Waals surface area contributed by atoms with Crippen molar-refractivity contribution in [3.8, 4) is 0 Å². The Labute approximate surface area is 171 Å². The van der Waals surface area contributed by atoms with Gasteiger partial charge in [-0.05, 0) is 45.6 Å². The predicted molar refractivity (Wildman–Crippen MR) is 114 cm³/mol. The summed E-state index contributed by atoms with van der Waals surface area (Å²) in [5, 5.41) is 4.23. The molecule has 0 amide bonds. The van der Waals surface area contributed by atoms with Crippen molar-refractivity contribution in [3.63, 3.8) is 0 Å². The van der Waals surface area contributed by atoms with Crippen molar-refractivity contribution in [2.75, 3.05) is 24.2 Å². The van der Waals surface area contributed by atoms with Gasteiger partial charge in [-0.15, -0.1) is 0 Å². The highest BCUT2D eigenvalue weighted by atomic mass is 32.2. The van der Waals surface area contributed by atoms with E-state index in [2.05, 4.69) is 10.3 Å². The molecule has 2 aliphatic rings. The number of hydrogen-bond acceptors (Lipinski definition) is 6. The minimum atomic E-state index is -3.13. The van der Waals surface area contributed by atoms with Gasteiger partial charge in [-0.25, -0.2) is 17.7 Å². The van der Waals surface area contributed by atoms with Crippen LogP contribution in [0.25, 0.3) is 11.0 Å². The van der Waals surface area contributed by atoms with E-state index in [9.17, 15) is 13.2 Å². The van der Waals surface area contributed by atoms with Crippen molar-refractivity contribution in [2.45, 2.75) is 64.5 Å². The molecule has 9 heteroatoms. The lowest BCUT2D eigenvalue weighted by atomic mass is 10.1. The number of sulfonamides is 1. The molecule has 3 heterocycles. The number of anilines is 1. The zero-order valence-corrected chi connectivity index (χ0v) is 17.9. The lowest BCUT2D eigenvalue weighted by Crippen LogP contribution is -2.43. The fraction of sp³-hybridized carbons (Fsp3) is 0.650. The Morgan fingerprint density at radius 2 is 1.86 bits per heavy atom. The lowest BCUT2D eigenvalue weighted by Gasteiger charge is -2.31. The second-order valence-electron chi connectivity index (χ2n) is 8.13. The third-order valence-electron chi connectivity index (χ3n) is 6.19. The molecule has 0 spiro atoms. The Bertz CT molecular complexity index is 1050. The summed E-state index contributed by atoms with van der Waals surface area (Å²) in [6.45, 7) is 4.53. The van der Waals surface area contributed by atoms with Crippen molar-refractivity contribution in [1.82, 2.24) is 18.8 Å². The van der Waals surface area contributed by atoms with Gasteiger partial charge in [0.05, 0.1) is 5.75 Å². The summed E-state index contributed by atoms with van der Waals surface area (Å²) in [4.78, 5) is 22.0. The first-order chi connectivity index (χ1) is 13.9. The molecule has 4 rings (SSSR count). The topological polar surface area (TPSA) is 97.2 Å². The molecule has 0 atom stereocenters. The maximum absolute atomic E-state index is 12.8. The molecule has 158 valence electrons. The number of pyridine rings is 1. The molecule has 2 aromatic heterocycles. The van der Waals surface area contributed by atoms with E-state index >= 15 is 0 Å². The number of fused-ring (bicyclic) bond motifs is 1. The number of aryl methyl sites for hydroxylation is 1. The fourth-order valence-corrected chi connectivity index (χ4v) is 5.60. The Morgan fingerprint density at radius 1 is 1.17 bits per heavy atom. The number of nitrogens with zero attached hydrogens (tertiary/aromatic N) is 4. The minimum Gasteiger partial charge on any atom is -0.351 e. The monoisotopic (exact) mass is 419 g/mol. The maximum Gasteiger partial charge on any atom is 0.255 e. The molecule has 2 fully saturated rings. The quantitative estimate of drug-likeness (QED) is 0.799. The van der Waals surface area contributed by atoms with E-state index < -0.39 is 10.0 Å². The smallest absolute Gasteiger partial charge is 0.255 e. The standard InChI is InChI=1S/C20H29N5O3S/c1-3-29(27,28)24-10-8-16(9-11-24)22-20-21-13-15-12-14(2)19(26)25(18(15)23-20)17-6-4-5-7-17/h12-13,16-17H,3-11H2,1-2H3,(H,21,22,23). The van der Waals surface area contributed by atoms with Gasteiger partial charge < -0.3 is 5.32 Å². The molecule has 1 aliphatic carbocycles. The van der Waals surface area contributed by atoms with Crippen LogP contribution in [0.15, 0.2) is 17.1 Å². The lowest BCUT2D eigenvalue weighted by molar-refractivity contribution is 0.329. The van der Waals surface area contributed by atoms with Crippen molar-refractivity contribution in [3.05, 3.63) is 28.2 Å². The number of hydrogen-bond donors (Lipinski definition) is 1. The highest BCUT2D eigenvalue weighted by molar-refractivity contribution is 7.89. The Hall–Kier alpha value is -2.00. The molecule has 1 saturated carbocycles. The largest absolute Gasteiger partial charge is 0.351 e. The summed E-state index contributed by atoms with van der Waals surface area (Å²) >= 11 is 0. The molecular weight excluding hydrogens is 390 g/mol. The van der Waals surface area contributed by atoms with Gasteiger partial charge in [0.25, 0.3) is 5.56 Å². The van der Waals surface area contributed by atoms with Crippen LogP contribution in [0.1, 0.15) is 57.1 Å². The molecular formula is C20H29N5O3S. The van der Waals surface area contributed by atoms with E-state index in [1.807, 2.05) is 17.6 Å². The van der Waals surface area contributed by atoms with E-state index in [0.29, 0.717) is 37.5 Å². The summed E-state index contributed by atoms with van der Waals surface area (Å²) in [5.74, 6) is 0.640. The summed E-state index contributed by atoms with van der Waals surface area (Å²) in [6.07, 6.45) is 7.50. The Morgan fingerprint density at radius 3 is 2.52 bits per heavy atom. The first-order valence-corrected chi connectivity index (χ1v) is 12.1. The molecule has 1 saturated heterocycles. The van der Waals surface area contributed by atoms with E-state index in [1.54, 1.807) is 17.4 Å². The van der Waals surface area contributed by atoms with Crippen LogP contribution in [-0.4, -0.2) is 52.1 Å². The summed E-state index contributed by atoms with van der Waals surface area (Å²) in [7, 11) is -3.13. The van der Waals surface area contributed by atoms with Gasteiger partial charge in [0.15, 0.2) is 0 Å². The second-order valence-corrected chi connectivity index (χ2v) is 10.4. The normalized spacial score (nSPS) is 19.8. The summed E-state index contributed by atoms with van der Waals surface area (Å²) in [6, 6.07) is 2.18. The number of aromatic nitrogens is 3. The van der Waals surface area contributed by atoms with Gasteiger partial charge >= 0.3 is 0 Å².